The van der Waals surface area contributed by atoms with Crippen LogP contribution in [-0.2, 0) is 10.0 Å². The maximum Gasteiger partial charge on any atom is 0.243 e. The van der Waals surface area contributed by atoms with E-state index in [0.717, 1.165) is 31.4 Å². The third-order valence-corrected chi connectivity index (χ3v) is 6.41. The van der Waals surface area contributed by atoms with E-state index in [-0.39, 0.29) is 17.0 Å². The molecule has 1 aliphatic carbocycles. The van der Waals surface area contributed by atoms with E-state index in [2.05, 4.69) is 4.72 Å². The van der Waals surface area contributed by atoms with Crippen molar-refractivity contribution in [2.45, 2.75) is 28.9 Å². The maximum absolute atomic E-state index is 13.6. The highest BCUT2D eigenvalue weighted by Crippen LogP contribution is 2.42. The van der Waals surface area contributed by atoms with E-state index >= 15 is 0 Å². The van der Waals surface area contributed by atoms with Gasteiger partial charge in [0, 0.05) is 17.0 Å². The first-order chi connectivity index (χ1) is 9.30. The number of sulfonamides is 1. The van der Waals surface area contributed by atoms with Gasteiger partial charge in [-0.2, -0.15) is 11.8 Å². The number of nitrogens with two attached hydrogens (primary N) is 1. The predicted molar refractivity (Wildman–Crippen MR) is 76.1 cm³/mol. The van der Waals surface area contributed by atoms with Crippen molar-refractivity contribution >= 4 is 27.5 Å². The molecule has 3 N–H and O–H groups in total. The molecule has 0 unspecified atom stereocenters. The van der Waals surface area contributed by atoms with Crippen LogP contribution in [0.3, 0.4) is 0 Å². The molecule has 0 aromatic heterocycles. The number of nitrogens with one attached hydrogen (secondary N) is 1. The molecule has 1 aromatic rings. The molecule has 0 bridgehead atoms. The molecular formula is C12H16F2N2O2S2. The summed E-state index contributed by atoms with van der Waals surface area (Å²) < 4.78 is 53.2. The summed E-state index contributed by atoms with van der Waals surface area (Å²) in [4.78, 5) is -0.745. The summed E-state index contributed by atoms with van der Waals surface area (Å²) in [6.07, 6.45) is 4.77. The van der Waals surface area contributed by atoms with Gasteiger partial charge in [-0.05, 0) is 31.2 Å². The van der Waals surface area contributed by atoms with E-state index in [1.54, 1.807) is 11.8 Å². The molecule has 0 aliphatic heterocycles. The van der Waals surface area contributed by atoms with Crippen LogP contribution in [0.5, 0.6) is 0 Å². The quantitative estimate of drug-likeness (QED) is 0.815. The van der Waals surface area contributed by atoms with Gasteiger partial charge in [0.15, 0.2) is 11.6 Å². The molecule has 112 valence electrons. The Kier molecular flexibility index (Phi) is 4.27. The van der Waals surface area contributed by atoms with E-state index in [9.17, 15) is 17.2 Å². The summed E-state index contributed by atoms with van der Waals surface area (Å²) in [5.41, 5.74) is 5.24. The molecule has 1 saturated carbocycles. The average Bonchev–Trinajstić information content (AvgIpc) is 2.32. The minimum Gasteiger partial charge on any atom is -0.399 e. The smallest absolute Gasteiger partial charge is 0.243 e. The van der Waals surface area contributed by atoms with Gasteiger partial charge in [-0.1, -0.05) is 6.42 Å². The van der Waals surface area contributed by atoms with E-state index in [1.807, 2.05) is 6.26 Å². The highest BCUT2D eigenvalue weighted by Gasteiger charge is 2.37. The molecule has 20 heavy (non-hydrogen) atoms. The normalized spacial score (nSPS) is 17.8. The second-order valence-corrected chi connectivity index (χ2v) is 7.89. The summed E-state index contributed by atoms with van der Waals surface area (Å²) in [6, 6.07) is 1.68. The summed E-state index contributed by atoms with van der Waals surface area (Å²) in [5, 5.41) is 0. The first-order valence-electron chi connectivity index (χ1n) is 6.09. The molecule has 2 rings (SSSR count). The highest BCUT2D eigenvalue weighted by atomic mass is 32.2. The molecule has 0 heterocycles. The lowest BCUT2D eigenvalue weighted by atomic mass is 9.84. The number of anilines is 1. The Labute approximate surface area is 121 Å². The Bertz CT molecular complexity index is 611. The van der Waals surface area contributed by atoms with Gasteiger partial charge in [-0.3, -0.25) is 0 Å². The molecule has 0 amide bonds. The summed E-state index contributed by atoms with van der Waals surface area (Å²) in [6.45, 7) is 0.201. The third kappa shape index (κ3) is 2.91. The first kappa shape index (κ1) is 15.5. The van der Waals surface area contributed by atoms with Gasteiger partial charge in [0.05, 0.1) is 0 Å². The van der Waals surface area contributed by atoms with Crippen LogP contribution in [0.25, 0.3) is 0 Å². The lowest BCUT2D eigenvalue weighted by Gasteiger charge is -2.40. The molecule has 0 spiro atoms. The van der Waals surface area contributed by atoms with Crippen molar-refractivity contribution in [3.63, 3.8) is 0 Å². The fourth-order valence-corrected chi connectivity index (χ4v) is 4.36. The van der Waals surface area contributed by atoms with E-state index < -0.39 is 26.6 Å². The van der Waals surface area contributed by atoms with Crippen LogP contribution in [0.4, 0.5) is 14.5 Å². The van der Waals surface area contributed by atoms with Gasteiger partial charge in [0.1, 0.15) is 4.90 Å². The number of benzene rings is 1. The van der Waals surface area contributed by atoms with Gasteiger partial charge in [0.25, 0.3) is 0 Å². The standard InChI is InChI=1S/C12H16F2N2O2S2/c1-19-12(3-2-4-12)7-16-20(17,18)10-6-8(15)5-9(13)11(10)14/h5-6,16H,2-4,7,15H2,1H3. The van der Waals surface area contributed by atoms with Crippen LogP contribution in [0.1, 0.15) is 19.3 Å². The Morgan fingerprint density at radius 3 is 2.55 bits per heavy atom. The van der Waals surface area contributed by atoms with Crippen molar-refractivity contribution in [2.24, 2.45) is 0 Å². The fraction of sp³-hybridized carbons (Fsp3) is 0.500. The first-order valence-corrected chi connectivity index (χ1v) is 8.80. The van der Waals surface area contributed by atoms with E-state index in [4.69, 9.17) is 5.73 Å². The minimum absolute atomic E-state index is 0.132. The van der Waals surface area contributed by atoms with Gasteiger partial charge < -0.3 is 5.73 Å². The van der Waals surface area contributed by atoms with Crippen LogP contribution in [0, 0.1) is 11.6 Å². The predicted octanol–water partition coefficient (Wildman–Crippen LogP) is 2.11. The molecule has 1 fully saturated rings. The van der Waals surface area contributed by atoms with E-state index in [1.165, 1.54) is 0 Å². The van der Waals surface area contributed by atoms with Crippen molar-refractivity contribution < 1.29 is 17.2 Å². The van der Waals surface area contributed by atoms with Crippen LogP contribution in [0.15, 0.2) is 17.0 Å². The fourth-order valence-electron chi connectivity index (χ4n) is 2.11. The zero-order chi connectivity index (χ0) is 15.0. The topological polar surface area (TPSA) is 72.2 Å². The maximum atomic E-state index is 13.6. The second-order valence-electron chi connectivity index (χ2n) is 4.88. The molecular weight excluding hydrogens is 306 g/mol. The molecule has 8 heteroatoms. The number of hydrogen-bond acceptors (Lipinski definition) is 4. The molecule has 0 saturated heterocycles. The molecule has 1 aliphatic rings. The Morgan fingerprint density at radius 1 is 1.40 bits per heavy atom. The Hall–Kier alpha value is -0.860. The van der Waals surface area contributed by atoms with Gasteiger partial charge >= 0.3 is 0 Å². The molecule has 4 nitrogen and oxygen atoms in total. The lowest BCUT2D eigenvalue weighted by Crippen LogP contribution is -2.45. The highest BCUT2D eigenvalue weighted by molar-refractivity contribution is 8.00. The third-order valence-electron chi connectivity index (χ3n) is 3.59. The SMILES string of the molecule is CSC1(CNS(=O)(=O)c2cc(N)cc(F)c2F)CCC1. The number of thioether (sulfide) groups is 1. The Morgan fingerprint density at radius 2 is 2.05 bits per heavy atom. The summed E-state index contributed by atoms with van der Waals surface area (Å²) >= 11 is 1.59. The number of rotatable bonds is 5. The van der Waals surface area contributed by atoms with Crippen molar-refractivity contribution in [3.8, 4) is 0 Å². The van der Waals surface area contributed by atoms with Gasteiger partial charge in [0.2, 0.25) is 10.0 Å². The average molecular weight is 322 g/mol. The zero-order valence-corrected chi connectivity index (χ0v) is 12.6. The van der Waals surface area contributed by atoms with Crippen LogP contribution < -0.4 is 10.5 Å². The monoisotopic (exact) mass is 322 g/mol. The molecule has 1 aromatic carbocycles. The van der Waals surface area contributed by atoms with Crippen molar-refractivity contribution in [1.82, 2.24) is 4.72 Å². The molecule has 0 atom stereocenters. The van der Waals surface area contributed by atoms with E-state index in [0.29, 0.717) is 0 Å². The van der Waals surface area contributed by atoms with Crippen molar-refractivity contribution in [2.75, 3.05) is 18.5 Å². The lowest BCUT2D eigenvalue weighted by molar-refractivity contribution is 0.361. The summed E-state index contributed by atoms with van der Waals surface area (Å²) in [7, 11) is -4.11. The van der Waals surface area contributed by atoms with Crippen LogP contribution in [-0.4, -0.2) is 26.0 Å². The number of hydrogen-bond donors (Lipinski definition) is 2. The summed E-state index contributed by atoms with van der Waals surface area (Å²) in [5.74, 6) is -2.67. The van der Waals surface area contributed by atoms with Gasteiger partial charge in [-0.25, -0.2) is 21.9 Å². The molecule has 0 radical (unpaired) electrons. The van der Waals surface area contributed by atoms with Gasteiger partial charge in [-0.15, -0.1) is 0 Å². The largest absolute Gasteiger partial charge is 0.399 e. The van der Waals surface area contributed by atoms with Crippen molar-refractivity contribution in [1.29, 1.82) is 0 Å². The second kappa shape index (κ2) is 5.50. The van der Waals surface area contributed by atoms with Crippen LogP contribution >= 0.6 is 11.8 Å². The number of halogens is 2. The van der Waals surface area contributed by atoms with Crippen molar-refractivity contribution in [3.05, 3.63) is 23.8 Å². The zero-order valence-electron chi connectivity index (χ0n) is 10.9. The minimum atomic E-state index is -4.11. The number of nitrogen functional groups attached to an aromatic ring is 1. The van der Waals surface area contributed by atoms with Crippen LogP contribution in [0.2, 0.25) is 0 Å². The Balaban J connectivity index is 2.23.